The molecule has 0 aliphatic carbocycles. The molecule has 19 heavy (non-hydrogen) atoms. The Hall–Kier alpha value is -1.30. The van der Waals surface area contributed by atoms with Crippen molar-refractivity contribution in [1.82, 2.24) is 0 Å². The van der Waals surface area contributed by atoms with Crippen molar-refractivity contribution in [1.29, 1.82) is 0 Å². The summed E-state index contributed by atoms with van der Waals surface area (Å²) < 4.78 is 0. The van der Waals surface area contributed by atoms with Gasteiger partial charge in [-0.05, 0) is 33.6 Å². The standard InChI is InChI=1S/C7H12.C5H10.C5H8.C2H6/c1-4-6-7(3)5-2;2*1-3-5-4-2;1-2/h4,6H,1,5H2,2-3H3;3,5H,4H2,1-2H3;3-5H,1H2,2H3;1-2H3/b7-6-;5-3+;5-4-;. The molecule has 0 saturated carbocycles. The number of hydrogen-bond donors (Lipinski definition) is 0. The van der Waals surface area contributed by atoms with Crippen molar-refractivity contribution in [3.63, 3.8) is 0 Å². The lowest BCUT2D eigenvalue weighted by atomic mass is 10.2. The minimum absolute atomic E-state index is 1.13. The molecule has 0 radical (unpaired) electrons. The molecule has 0 nitrogen and oxygen atoms in total. The predicted molar refractivity (Wildman–Crippen MR) is 95.7 cm³/mol. The van der Waals surface area contributed by atoms with Crippen LogP contribution in [0.15, 0.2) is 61.3 Å². The number of rotatable bonds is 4. The van der Waals surface area contributed by atoms with Crippen LogP contribution in [-0.4, -0.2) is 0 Å². The molecular weight excluding hydrogens is 228 g/mol. The van der Waals surface area contributed by atoms with Crippen LogP contribution in [0.3, 0.4) is 0 Å². The summed E-state index contributed by atoms with van der Waals surface area (Å²) in [6.07, 6.45) is 15.9. The largest absolute Gasteiger partial charge is 0.0991 e. The molecule has 0 saturated heterocycles. The van der Waals surface area contributed by atoms with Gasteiger partial charge in [0.05, 0.1) is 0 Å². The summed E-state index contributed by atoms with van der Waals surface area (Å²) in [5, 5.41) is 0. The molecule has 0 amide bonds. The van der Waals surface area contributed by atoms with Gasteiger partial charge in [0.15, 0.2) is 0 Å². The van der Waals surface area contributed by atoms with Crippen LogP contribution in [0.2, 0.25) is 0 Å². The summed E-state index contributed by atoms with van der Waals surface area (Å²) in [6, 6.07) is 0. The fourth-order valence-electron chi connectivity index (χ4n) is 0.691. The van der Waals surface area contributed by atoms with Gasteiger partial charge in [0, 0.05) is 0 Å². The summed E-state index contributed by atoms with van der Waals surface area (Å²) in [4.78, 5) is 0. The van der Waals surface area contributed by atoms with E-state index in [2.05, 4.69) is 46.1 Å². The van der Waals surface area contributed by atoms with Gasteiger partial charge in [-0.15, -0.1) is 0 Å². The van der Waals surface area contributed by atoms with Crippen LogP contribution in [-0.2, 0) is 0 Å². The molecule has 0 aliphatic rings. The lowest BCUT2D eigenvalue weighted by Crippen LogP contribution is -1.65. The molecule has 0 aromatic heterocycles. The van der Waals surface area contributed by atoms with Crippen molar-refractivity contribution in [2.75, 3.05) is 0 Å². The smallest absolute Gasteiger partial charge is 0.0349 e. The molecule has 0 aromatic carbocycles. The van der Waals surface area contributed by atoms with E-state index in [9.17, 15) is 0 Å². The van der Waals surface area contributed by atoms with Crippen molar-refractivity contribution < 1.29 is 0 Å². The maximum atomic E-state index is 3.57. The highest BCUT2D eigenvalue weighted by atomic mass is 13.8. The average molecular weight is 264 g/mol. The molecule has 0 heteroatoms. The highest BCUT2D eigenvalue weighted by Crippen LogP contribution is 1.95. The lowest BCUT2D eigenvalue weighted by molar-refractivity contribution is 1.10. The van der Waals surface area contributed by atoms with E-state index in [0.29, 0.717) is 0 Å². The Labute approximate surface area is 123 Å². The van der Waals surface area contributed by atoms with E-state index >= 15 is 0 Å². The first-order valence-electron chi connectivity index (χ1n) is 7.27. The zero-order valence-corrected chi connectivity index (χ0v) is 14.4. The SMILES string of the molecule is C/C=C/CC.C=C/C=C(/C)CC.C=C/C=C\C.CC. The van der Waals surface area contributed by atoms with Crippen LogP contribution in [0.5, 0.6) is 0 Å². The Bertz CT molecular complexity index is 226. The van der Waals surface area contributed by atoms with Crippen LogP contribution in [0.25, 0.3) is 0 Å². The van der Waals surface area contributed by atoms with Crippen molar-refractivity contribution in [2.45, 2.75) is 61.3 Å². The second-order valence-corrected chi connectivity index (χ2v) is 3.34. The van der Waals surface area contributed by atoms with Gasteiger partial charge in [-0.1, -0.05) is 89.0 Å². The Kier molecular flexibility index (Phi) is 49.8. The quantitative estimate of drug-likeness (QED) is 0.370. The molecule has 0 unspecified atom stereocenters. The number of hydrogen-bond acceptors (Lipinski definition) is 0. The maximum absolute atomic E-state index is 3.57. The Morgan fingerprint density at radius 2 is 1.47 bits per heavy atom. The van der Waals surface area contributed by atoms with Crippen molar-refractivity contribution >= 4 is 0 Å². The number of allylic oxidation sites excluding steroid dienone is 8. The third-order valence-electron chi connectivity index (χ3n) is 1.76. The zero-order chi connectivity index (χ0) is 15.9. The summed E-state index contributed by atoms with van der Waals surface area (Å²) in [6.45, 7) is 21.4. The molecule has 0 rings (SSSR count). The van der Waals surface area contributed by atoms with Gasteiger partial charge < -0.3 is 0 Å². The van der Waals surface area contributed by atoms with Gasteiger partial charge in [0.2, 0.25) is 0 Å². The van der Waals surface area contributed by atoms with Crippen LogP contribution in [0.1, 0.15) is 61.3 Å². The van der Waals surface area contributed by atoms with Crippen molar-refractivity contribution in [2.24, 2.45) is 0 Å². The van der Waals surface area contributed by atoms with Gasteiger partial charge in [-0.25, -0.2) is 0 Å². The van der Waals surface area contributed by atoms with Crippen LogP contribution in [0, 0.1) is 0 Å². The van der Waals surface area contributed by atoms with Gasteiger partial charge >= 0.3 is 0 Å². The Morgan fingerprint density at radius 1 is 0.947 bits per heavy atom. The van der Waals surface area contributed by atoms with Crippen LogP contribution < -0.4 is 0 Å². The van der Waals surface area contributed by atoms with Gasteiger partial charge in [-0.3, -0.25) is 0 Å². The van der Waals surface area contributed by atoms with Crippen molar-refractivity contribution in [3.8, 4) is 0 Å². The van der Waals surface area contributed by atoms with Gasteiger partial charge in [0.25, 0.3) is 0 Å². The van der Waals surface area contributed by atoms with E-state index in [0.717, 1.165) is 12.8 Å². The summed E-state index contributed by atoms with van der Waals surface area (Å²) in [7, 11) is 0. The van der Waals surface area contributed by atoms with E-state index in [4.69, 9.17) is 0 Å². The highest BCUT2D eigenvalue weighted by Gasteiger charge is 1.74. The Balaban J connectivity index is -0.0000000848. The summed E-state index contributed by atoms with van der Waals surface area (Å²) in [5.74, 6) is 0. The fraction of sp³-hybridized carbons (Fsp3) is 0.474. The van der Waals surface area contributed by atoms with Crippen LogP contribution >= 0.6 is 0 Å². The molecule has 0 atom stereocenters. The topological polar surface area (TPSA) is 0 Å². The molecule has 112 valence electrons. The maximum Gasteiger partial charge on any atom is -0.0349 e. The molecule has 0 bridgehead atoms. The first kappa shape index (κ1) is 26.3. The van der Waals surface area contributed by atoms with Crippen LogP contribution in [0.4, 0.5) is 0 Å². The third-order valence-corrected chi connectivity index (χ3v) is 1.76. The summed E-state index contributed by atoms with van der Waals surface area (Å²) >= 11 is 0. The second-order valence-electron chi connectivity index (χ2n) is 3.34. The minimum Gasteiger partial charge on any atom is -0.0991 e. The third kappa shape index (κ3) is 60.9. The molecule has 0 N–H and O–H groups in total. The molecule has 0 heterocycles. The average Bonchev–Trinajstić information content (AvgIpc) is 2.44. The molecule has 0 aromatic rings. The van der Waals surface area contributed by atoms with Gasteiger partial charge in [-0.2, -0.15) is 0 Å². The molecular formula is C19H36. The Morgan fingerprint density at radius 3 is 1.53 bits per heavy atom. The first-order valence-corrected chi connectivity index (χ1v) is 7.27. The van der Waals surface area contributed by atoms with E-state index in [1.165, 1.54) is 5.57 Å². The summed E-state index contributed by atoms with van der Waals surface area (Å²) in [5.41, 5.74) is 1.38. The van der Waals surface area contributed by atoms with E-state index in [1.807, 2.05) is 52.0 Å². The first-order chi connectivity index (χ1) is 9.14. The second kappa shape index (κ2) is 36.0. The zero-order valence-electron chi connectivity index (χ0n) is 14.4. The minimum atomic E-state index is 1.13. The van der Waals surface area contributed by atoms with Crippen molar-refractivity contribution in [3.05, 3.63) is 61.3 Å². The van der Waals surface area contributed by atoms with E-state index in [1.54, 1.807) is 6.08 Å². The molecule has 0 aliphatic heterocycles. The molecule has 0 spiro atoms. The fourth-order valence-corrected chi connectivity index (χ4v) is 0.691. The van der Waals surface area contributed by atoms with Gasteiger partial charge in [0.1, 0.15) is 0 Å². The monoisotopic (exact) mass is 264 g/mol. The van der Waals surface area contributed by atoms with E-state index < -0.39 is 0 Å². The highest BCUT2D eigenvalue weighted by molar-refractivity contribution is 5.06. The van der Waals surface area contributed by atoms with E-state index in [-0.39, 0.29) is 0 Å². The normalized spacial score (nSPS) is 9.53. The lowest BCUT2D eigenvalue weighted by Gasteiger charge is -1.86. The predicted octanol–water partition coefficient (Wildman–Crippen LogP) is 7.28. The molecule has 0 fully saturated rings.